The third kappa shape index (κ3) is 6.70. The van der Waals surface area contributed by atoms with Gasteiger partial charge in [0.05, 0.1) is 24.8 Å². The number of fused-ring (bicyclic) bond motifs is 2. The number of aromatic nitrogens is 2. The van der Waals surface area contributed by atoms with Crippen molar-refractivity contribution in [2.24, 2.45) is 0 Å². The van der Waals surface area contributed by atoms with Crippen LogP contribution in [0.1, 0.15) is 42.9 Å². The van der Waals surface area contributed by atoms with Gasteiger partial charge in [0.15, 0.2) is 0 Å². The number of anilines is 1. The molecule has 1 N–H and O–H groups in total. The first kappa shape index (κ1) is 28.4. The molecule has 11 heteroatoms. The van der Waals surface area contributed by atoms with Gasteiger partial charge in [-0.2, -0.15) is 5.10 Å². The normalized spacial score (nSPS) is 13.2. The maximum Gasteiger partial charge on any atom is 0.257 e. The number of unbranched alkanes of at least 4 members (excludes halogenated alkanes) is 2. The second kappa shape index (κ2) is 12.5. The molecule has 2 heterocycles. The van der Waals surface area contributed by atoms with Crippen molar-refractivity contribution in [3.63, 3.8) is 0 Å². The Balaban J connectivity index is 1.55. The number of nitrogens with zero attached hydrogens (tertiary/aromatic N) is 5. The van der Waals surface area contributed by atoms with Crippen molar-refractivity contribution in [1.82, 2.24) is 25.1 Å². The van der Waals surface area contributed by atoms with Crippen molar-refractivity contribution in [2.75, 3.05) is 31.6 Å². The van der Waals surface area contributed by atoms with Crippen LogP contribution in [0.3, 0.4) is 0 Å². The van der Waals surface area contributed by atoms with Gasteiger partial charge in [-0.25, -0.2) is 18.2 Å². The zero-order valence-electron chi connectivity index (χ0n) is 22.6. The molecule has 2 amide bonds. The Bertz CT molecular complexity index is 1330. The average Bonchev–Trinajstić information content (AvgIpc) is 3.50. The lowest BCUT2D eigenvalue weighted by Gasteiger charge is -2.32. The number of halogens is 3. The van der Waals surface area contributed by atoms with Crippen LogP contribution in [0, 0.1) is 12.7 Å². The number of hydrogen-bond donors (Lipinski definition) is 1. The standard InChI is InChI=1S/C28H35F3N6O2/c1-4-5-6-10-32-27(38)17-35(24-12-21-13-33-37(16-26(30)31)25(21)11-19(24)2)18-28(39)34(3)36-14-20-8-7-9-23(29)22(20)15-36/h7-9,11-13,26H,4-6,10,14-18H2,1-3H3,(H,32,38). The predicted molar refractivity (Wildman–Crippen MR) is 144 cm³/mol. The van der Waals surface area contributed by atoms with E-state index in [1.165, 1.54) is 22.0 Å². The molecule has 1 aliphatic rings. The molecule has 0 unspecified atom stereocenters. The fraction of sp³-hybridized carbons (Fsp3) is 0.464. The number of benzene rings is 2. The molecule has 3 aromatic rings. The van der Waals surface area contributed by atoms with Crippen LogP contribution in [0.2, 0.25) is 0 Å². The summed E-state index contributed by atoms with van der Waals surface area (Å²) in [6.45, 7) is 4.44. The molecule has 0 fully saturated rings. The number of rotatable bonds is 12. The number of likely N-dealkylation sites (N-methyl/N-ethyl adjacent to an activating group) is 1. The van der Waals surface area contributed by atoms with Gasteiger partial charge in [0.1, 0.15) is 12.4 Å². The molecular formula is C28H35F3N6O2. The Morgan fingerprint density at radius 1 is 1.15 bits per heavy atom. The number of aryl methyl sites for hydroxylation is 1. The van der Waals surface area contributed by atoms with E-state index < -0.39 is 13.0 Å². The quantitative estimate of drug-likeness (QED) is 0.345. The molecule has 210 valence electrons. The van der Waals surface area contributed by atoms with Crippen LogP contribution >= 0.6 is 0 Å². The minimum atomic E-state index is -2.54. The van der Waals surface area contributed by atoms with Gasteiger partial charge in [0, 0.05) is 43.3 Å². The summed E-state index contributed by atoms with van der Waals surface area (Å²) < 4.78 is 41.5. The highest BCUT2D eigenvalue weighted by atomic mass is 19.3. The van der Waals surface area contributed by atoms with Crippen molar-refractivity contribution in [3.8, 4) is 0 Å². The summed E-state index contributed by atoms with van der Waals surface area (Å²) in [5.41, 5.74) is 3.33. The number of carbonyl (C=O) groups excluding carboxylic acids is 2. The number of alkyl halides is 2. The summed E-state index contributed by atoms with van der Waals surface area (Å²) >= 11 is 0. The Labute approximate surface area is 226 Å². The number of carbonyl (C=O) groups is 2. The third-order valence-electron chi connectivity index (χ3n) is 7.07. The van der Waals surface area contributed by atoms with Crippen molar-refractivity contribution >= 4 is 28.4 Å². The monoisotopic (exact) mass is 544 g/mol. The van der Waals surface area contributed by atoms with Gasteiger partial charge >= 0.3 is 0 Å². The summed E-state index contributed by atoms with van der Waals surface area (Å²) in [6.07, 6.45) is 1.87. The van der Waals surface area contributed by atoms with Crippen molar-refractivity contribution in [1.29, 1.82) is 0 Å². The van der Waals surface area contributed by atoms with Gasteiger partial charge in [0.25, 0.3) is 12.3 Å². The lowest BCUT2D eigenvalue weighted by Crippen LogP contribution is -2.48. The number of amides is 2. The Morgan fingerprint density at radius 2 is 1.95 bits per heavy atom. The number of hydrazine groups is 1. The Hall–Kier alpha value is -3.60. The highest BCUT2D eigenvalue weighted by Crippen LogP contribution is 2.29. The zero-order valence-corrected chi connectivity index (χ0v) is 22.6. The smallest absolute Gasteiger partial charge is 0.257 e. The van der Waals surface area contributed by atoms with Crippen molar-refractivity contribution in [2.45, 2.75) is 59.2 Å². The summed E-state index contributed by atoms with van der Waals surface area (Å²) in [5, 5.41) is 10.9. The molecule has 1 aromatic heterocycles. The summed E-state index contributed by atoms with van der Waals surface area (Å²) in [4.78, 5) is 28.0. The van der Waals surface area contributed by atoms with E-state index in [0.29, 0.717) is 35.2 Å². The van der Waals surface area contributed by atoms with E-state index in [4.69, 9.17) is 0 Å². The van der Waals surface area contributed by atoms with Gasteiger partial charge < -0.3 is 10.2 Å². The molecule has 0 aliphatic carbocycles. The molecule has 0 atom stereocenters. The maximum atomic E-state index is 14.3. The van der Waals surface area contributed by atoms with E-state index in [1.54, 1.807) is 35.2 Å². The number of hydrogen-bond acceptors (Lipinski definition) is 5. The van der Waals surface area contributed by atoms with Gasteiger partial charge in [0.2, 0.25) is 5.91 Å². The lowest BCUT2D eigenvalue weighted by molar-refractivity contribution is -0.145. The largest absolute Gasteiger partial charge is 0.355 e. The van der Waals surface area contributed by atoms with Crippen LogP contribution in [0.5, 0.6) is 0 Å². The van der Waals surface area contributed by atoms with Gasteiger partial charge in [-0.3, -0.25) is 19.3 Å². The van der Waals surface area contributed by atoms with Crippen molar-refractivity contribution in [3.05, 3.63) is 59.0 Å². The SMILES string of the molecule is CCCCCNC(=O)CN(CC(=O)N(C)N1Cc2cccc(F)c2C1)c1cc2cnn(CC(F)F)c2cc1C. The molecule has 4 rings (SSSR count). The molecule has 0 saturated carbocycles. The van der Waals surface area contributed by atoms with Crippen LogP contribution < -0.4 is 10.2 Å². The van der Waals surface area contributed by atoms with E-state index >= 15 is 0 Å². The first-order valence-corrected chi connectivity index (χ1v) is 13.2. The van der Waals surface area contributed by atoms with Crippen LogP contribution in [0.15, 0.2) is 36.5 Å². The van der Waals surface area contributed by atoms with E-state index in [2.05, 4.69) is 17.3 Å². The van der Waals surface area contributed by atoms with Gasteiger partial charge in [-0.05, 0) is 42.7 Å². The molecule has 1 aliphatic heterocycles. The molecule has 0 spiro atoms. The summed E-state index contributed by atoms with van der Waals surface area (Å²) in [6, 6.07) is 8.44. The van der Waals surface area contributed by atoms with Crippen LogP contribution in [-0.2, 0) is 29.2 Å². The topological polar surface area (TPSA) is 73.7 Å². The Kier molecular flexibility index (Phi) is 9.11. The fourth-order valence-corrected chi connectivity index (χ4v) is 4.89. The molecule has 0 saturated heterocycles. The second-order valence-electron chi connectivity index (χ2n) is 9.95. The first-order valence-electron chi connectivity index (χ1n) is 13.2. The third-order valence-corrected chi connectivity index (χ3v) is 7.07. The molecule has 2 aromatic carbocycles. The maximum absolute atomic E-state index is 14.3. The minimum absolute atomic E-state index is 0.0575. The fourth-order valence-electron chi connectivity index (χ4n) is 4.89. The van der Waals surface area contributed by atoms with E-state index in [-0.39, 0.29) is 37.3 Å². The van der Waals surface area contributed by atoms with Crippen LogP contribution in [0.25, 0.3) is 10.9 Å². The molecule has 0 bridgehead atoms. The summed E-state index contributed by atoms with van der Waals surface area (Å²) in [5.74, 6) is -0.784. The molecular weight excluding hydrogens is 509 g/mol. The number of nitrogens with one attached hydrogen (secondary N) is 1. The van der Waals surface area contributed by atoms with Crippen LogP contribution in [-0.4, -0.2) is 64.7 Å². The van der Waals surface area contributed by atoms with Crippen molar-refractivity contribution < 1.29 is 22.8 Å². The average molecular weight is 545 g/mol. The highest BCUT2D eigenvalue weighted by molar-refractivity contribution is 5.90. The second-order valence-corrected chi connectivity index (χ2v) is 9.95. The van der Waals surface area contributed by atoms with Gasteiger partial charge in [-0.1, -0.05) is 31.9 Å². The van der Waals surface area contributed by atoms with Gasteiger partial charge in [-0.15, -0.1) is 0 Å². The Morgan fingerprint density at radius 3 is 2.67 bits per heavy atom. The minimum Gasteiger partial charge on any atom is -0.355 e. The van der Waals surface area contributed by atoms with Crippen LogP contribution in [0.4, 0.5) is 18.9 Å². The predicted octanol–water partition coefficient (Wildman–Crippen LogP) is 4.25. The van der Waals surface area contributed by atoms with E-state index in [9.17, 15) is 22.8 Å². The highest BCUT2D eigenvalue weighted by Gasteiger charge is 2.29. The lowest BCUT2D eigenvalue weighted by atomic mass is 10.1. The van der Waals surface area contributed by atoms with E-state index in [0.717, 1.165) is 30.4 Å². The molecule has 8 nitrogen and oxygen atoms in total. The first-order chi connectivity index (χ1) is 18.7. The molecule has 39 heavy (non-hydrogen) atoms. The molecule has 0 radical (unpaired) electrons. The van der Waals surface area contributed by atoms with E-state index in [1.807, 2.05) is 13.0 Å². The zero-order chi connectivity index (χ0) is 28.1. The summed E-state index contributed by atoms with van der Waals surface area (Å²) in [7, 11) is 1.64.